The second-order valence-electron chi connectivity index (χ2n) is 6.93. The van der Waals surface area contributed by atoms with Crippen LogP contribution in [0.25, 0.3) is 0 Å². The summed E-state index contributed by atoms with van der Waals surface area (Å²) in [5.74, 6) is -0.199. The van der Waals surface area contributed by atoms with Crippen molar-refractivity contribution in [3.63, 3.8) is 0 Å². The summed E-state index contributed by atoms with van der Waals surface area (Å²) in [6.45, 7) is 6.13. The highest BCUT2D eigenvalue weighted by Crippen LogP contribution is 2.29. The minimum Gasteiger partial charge on any atom is -0.337 e. The molecule has 1 aliphatic carbocycles. The van der Waals surface area contributed by atoms with Crippen LogP contribution in [0.15, 0.2) is 28.3 Å². The van der Waals surface area contributed by atoms with Crippen molar-refractivity contribution < 1.29 is 13.2 Å². The predicted molar refractivity (Wildman–Crippen MR) is 109 cm³/mol. The van der Waals surface area contributed by atoms with E-state index in [1.807, 2.05) is 0 Å². The lowest BCUT2D eigenvalue weighted by molar-refractivity contribution is -0.121. The van der Waals surface area contributed by atoms with Crippen molar-refractivity contribution in [3.8, 4) is 6.07 Å². The van der Waals surface area contributed by atoms with Crippen LogP contribution in [-0.2, 0) is 14.8 Å². The summed E-state index contributed by atoms with van der Waals surface area (Å²) < 4.78 is 26.4. The van der Waals surface area contributed by atoms with Crippen molar-refractivity contribution in [1.29, 1.82) is 5.26 Å². The standard InChI is InChI=1S/C19H28N4O3S2/c1-4-23(5-2)28(25,26)16-9-10-17(21-13-16)27-15(3)18(24)22-19(14-20)11-7-6-8-12-19/h9-10,13,15H,4-8,11-12H2,1-3H3,(H,22,24). The zero-order valence-corrected chi connectivity index (χ0v) is 18.3. The van der Waals surface area contributed by atoms with Crippen LogP contribution in [0.4, 0.5) is 0 Å². The minimum absolute atomic E-state index is 0.142. The van der Waals surface area contributed by atoms with E-state index in [-0.39, 0.29) is 10.8 Å². The molecule has 0 spiro atoms. The molecule has 1 amide bonds. The smallest absolute Gasteiger partial charge is 0.244 e. The van der Waals surface area contributed by atoms with Crippen LogP contribution in [-0.4, -0.2) is 47.5 Å². The zero-order valence-electron chi connectivity index (χ0n) is 16.6. The van der Waals surface area contributed by atoms with Gasteiger partial charge in [-0.2, -0.15) is 9.57 Å². The quantitative estimate of drug-likeness (QED) is 0.644. The van der Waals surface area contributed by atoms with E-state index in [0.717, 1.165) is 19.3 Å². The molecular formula is C19H28N4O3S2. The van der Waals surface area contributed by atoms with E-state index in [9.17, 15) is 18.5 Å². The van der Waals surface area contributed by atoms with Crippen molar-refractivity contribution >= 4 is 27.7 Å². The van der Waals surface area contributed by atoms with Gasteiger partial charge in [-0.25, -0.2) is 13.4 Å². The highest BCUT2D eigenvalue weighted by atomic mass is 32.2. The van der Waals surface area contributed by atoms with E-state index < -0.39 is 20.8 Å². The van der Waals surface area contributed by atoms with Crippen molar-refractivity contribution in [2.45, 2.75) is 73.6 Å². The van der Waals surface area contributed by atoms with Gasteiger partial charge in [-0.15, -0.1) is 0 Å². The molecule has 0 bridgehead atoms. The Morgan fingerprint density at radius 2 is 1.96 bits per heavy atom. The van der Waals surface area contributed by atoms with E-state index in [1.54, 1.807) is 26.8 Å². The second kappa shape index (κ2) is 9.72. The van der Waals surface area contributed by atoms with E-state index >= 15 is 0 Å². The van der Waals surface area contributed by atoms with Crippen LogP contribution >= 0.6 is 11.8 Å². The Kier molecular flexibility index (Phi) is 7.87. The Balaban J connectivity index is 2.03. The van der Waals surface area contributed by atoms with Gasteiger partial charge in [0.15, 0.2) is 0 Å². The highest BCUT2D eigenvalue weighted by molar-refractivity contribution is 8.00. The molecule has 0 radical (unpaired) electrons. The number of nitrogens with zero attached hydrogens (tertiary/aromatic N) is 3. The average Bonchev–Trinajstić information content (AvgIpc) is 2.69. The number of nitrogens with one attached hydrogen (secondary N) is 1. The number of carbonyl (C=O) groups is 1. The molecule has 9 heteroatoms. The summed E-state index contributed by atoms with van der Waals surface area (Å²) in [6.07, 6.45) is 5.68. The summed E-state index contributed by atoms with van der Waals surface area (Å²) >= 11 is 1.25. The fourth-order valence-electron chi connectivity index (χ4n) is 3.29. The number of sulfonamides is 1. The summed E-state index contributed by atoms with van der Waals surface area (Å²) in [6, 6.07) is 5.42. The summed E-state index contributed by atoms with van der Waals surface area (Å²) in [5.41, 5.74) is -0.765. The zero-order chi connectivity index (χ0) is 20.8. The maximum Gasteiger partial charge on any atom is 0.244 e. The van der Waals surface area contributed by atoms with Crippen LogP contribution < -0.4 is 5.32 Å². The molecule has 28 heavy (non-hydrogen) atoms. The first-order chi connectivity index (χ1) is 13.3. The second-order valence-corrected chi connectivity index (χ2v) is 10.2. The van der Waals surface area contributed by atoms with Gasteiger partial charge in [0.05, 0.1) is 16.3 Å². The molecule has 7 nitrogen and oxygen atoms in total. The van der Waals surface area contributed by atoms with Crippen LogP contribution in [0.2, 0.25) is 0 Å². The molecule has 1 N–H and O–H groups in total. The van der Waals surface area contributed by atoms with E-state index in [0.29, 0.717) is 31.0 Å². The van der Waals surface area contributed by atoms with Gasteiger partial charge in [-0.1, -0.05) is 44.9 Å². The van der Waals surface area contributed by atoms with Gasteiger partial charge in [0.2, 0.25) is 15.9 Å². The maximum absolute atomic E-state index is 12.6. The Morgan fingerprint density at radius 3 is 2.46 bits per heavy atom. The first-order valence-electron chi connectivity index (χ1n) is 9.64. The lowest BCUT2D eigenvalue weighted by atomic mass is 9.83. The number of nitriles is 1. The Bertz CT molecular complexity index is 809. The van der Waals surface area contributed by atoms with Gasteiger partial charge in [0.1, 0.15) is 10.4 Å². The molecule has 1 atom stereocenters. The molecule has 1 unspecified atom stereocenters. The highest BCUT2D eigenvalue weighted by Gasteiger charge is 2.35. The minimum atomic E-state index is -3.55. The Labute approximate surface area is 172 Å². The van der Waals surface area contributed by atoms with Crippen molar-refractivity contribution in [2.24, 2.45) is 0 Å². The number of pyridine rings is 1. The summed E-state index contributed by atoms with van der Waals surface area (Å²) in [5, 5.41) is 12.6. The third-order valence-electron chi connectivity index (χ3n) is 5.00. The van der Waals surface area contributed by atoms with Gasteiger partial charge in [0, 0.05) is 19.3 Å². The molecule has 1 aromatic heterocycles. The molecule has 1 heterocycles. The largest absolute Gasteiger partial charge is 0.337 e. The van der Waals surface area contributed by atoms with E-state index in [2.05, 4.69) is 16.4 Å². The van der Waals surface area contributed by atoms with E-state index in [1.165, 1.54) is 28.3 Å². The van der Waals surface area contributed by atoms with Crippen molar-refractivity contribution in [3.05, 3.63) is 18.3 Å². The lowest BCUT2D eigenvalue weighted by Crippen LogP contribution is -2.50. The van der Waals surface area contributed by atoms with E-state index in [4.69, 9.17) is 0 Å². The molecule has 0 saturated heterocycles. The fraction of sp³-hybridized carbons (Fsp3) is 0.632. The Hall–Kier alpha value is -1.63. The number of hydrogen-bond donors (Lipinski definition) is 1. The Morgan fingerprint density at radius 1 is 1.32 bits per heavy atom. The number of carbonyl (C=O) groups excluding carboxylic acids is 1. The predicted octanol–water partition coefficient (Wildman–Crippen LogP) is 2.94. The van der Waals surface area contributed by atoms with Crippen LogP contribution in [0, 0.1) is 11.3 Å². The molecule has 0 aliphatic heterocycles. The van der Waals surface area contributed by atoms with Gasteiger partial charge < -0.3 is 5.32 Å². The number of aromatic nitrogens is 1. The number of thioether (sulfide) groups is 1. The van der Waals surface area contributed by atoms with Crippen molar-refractivity contribution in [1.82, 2.24) is 14.6 Å². The summed E-state index contributed by atoms with van der Waals surface area (Å²) in [4.78, 5) is 16.9. The molecule has 0 aromatic carbocycles. The lowest BCUT2D eigenvalue weighted by Gasteiger charge is -2.32. The van der Waals surface area contributed by atoms with Gasteiger partial charge in [-0.05, 0) is 31.9 Å². The monoisotopic (exact) mass is 424 g/mol. The van der Waals surface area contributed by atoms with Crippen LogP contribution in [0.5, 0.6) is 0 Å². The maximum atomic E-state index is 12.6. The topological polar surface area (TPSA) is 103 Å². The van der Waals surface area contributed by atoms with Crippen LogP contribution in [0.3, 0.4) is 0 Å². The van der Waals surface area contributed by atoms with Gasteiger partial charge in [-0.3, -0.25) is 4.79 Å². The third-order valence-corrected chi connectivity index (χ3v) is 8.09. The van der Waals surface area contributed by atoms with Crippen molar-refractivity contribution in [2.75, 3.05) is 13.1 Å². The fourth-order valence-corrected chi connectivity index (χ4v) is 5.49. The molecule has 1 aromatic rings. The van der Waals surface area contributed by atoms with Crippen LogP contribution in [0.1, 0.15) is 52.9 Å². The average molecular weight is 425 g/mol. The molecule has 1 aliphatic rings. The number of amides is 1. The number of rotatable bonds is 8. The first kappa shape index (κ1) is 22.7. The SMILES string of the molecule is CCN(CC)S(=O)(=O)c1ccc(SC(C)C(=O)NC2(C#N)CCCCC2)nc1. The molecule has 2 rings (SSSR count). The third kappa shape index (κ3) is 5.25. The molecule has 1 fully saturated rings. The molecular weight excluding hydrogens is 396 g/mol. The summed E-state index contributed by atoms with van der Waals surface area (Å²) in [7, 11) is -3.55. The normalized spacial score (nSPS) is 17.7. The van der Waals surface area contributed by atoms with Gasteiger partial charge in [0.25, 0.3) is 0 Å². The first-order valence-corrected chi connectivity index (χ1v) is 12.0. The number of hydrogen-bond acceptors (Lipinski definition) is 6. The van der Waals surface area contributed by atoms with Gasteiger partial charge >= 0.3 is 0 Å². The molecule has 1 saturated carbocycles. The molecule has 154 valence electrons.